The van der Waals surface area contributed by atoms with E-state index >= 15 is 0 Å². The van der Waals surface area contributed by atoms with Gasteiger partial charge in [0.25, 0.3) is 0 Å². The van der Waals surface area contributed by atoms with E-state index in [0.29, 0.717) is 0 Å². The first-order valence-corrected chi connectivity index (χ1v) is 6.47. The molecule has 73 valence electrons. The summed E-state index contributed by atoms with van der Waals surface area (Å²) in [5.74, 6) is -0.465. The highest BCUT2D eigenvalue weighted by molar-refractivity contribution is 7.58. The molecule has 0 rings (SSSR count). The Morgan fingerprint density at radius 1 is 0.917 bits per heavy atom. The van der Waals surface area contributed by atoms with E-state index in [1.807, 2.05) is 0 Å². The summed E-state index contributed by atoms with van der Waals surface area (Å²) in [7, 11) is -2.32. The lowest BCUT2D eigenvalue weighted by atomic mass is 10.9. The van der Waals surface area contributed by atoms with Gasteiger partial charge >= 0.3 is 0 Å². The van der Waals surface area contributed by atoms with Crippen molar-refractivity contribution in [3.8, 4) is 0 Å². The van der Waals surface area contributed by atoms with E-state index in [4.69, 9.17) is 69.6 Å². The molecular weight excluding hydrogens is 308 g/mol. The first kappa shape index (κ1) is 13.8. The molecule has 0 saturated carbocycles. The summed E-state index contributed by atoms with van der Waals surface area (Å²) in [6.45, 7) is 0. The predicted octanol–water partition coefficient (Wildman–Crippen LogP) is 4.55. The molecule has 0 heterocycles. The largest absolute Gasteiger partial charge is 0.281 e. The quantitative estimate of drug-likeness (QED) is 0.549. The molecule has 0 fully saturated rings. The molecule has 0 unspecified atom stereocenters. The summed E-state index contributed by atoms with van der Waals surface area (Å²) in [6, 6.07) is 0. The van der Waals surface area contributed by atoms with E-state index < -0.39 is 15.9 Å². The molecule has 0 aromatic carbocycles. The van der Waals surface area contributed by atoms with E-state index in [1.165, 1.54) is 0 Å². The van der Waals surface area contributed by atoms with Crippen molar-refractivity contribution >= 4 is 77.4 Å². The molecule has 0 aliphatic rings. The fourth-order valence-corrected chi connectivity index (χ4v) is 3.95. The summed E-state index contributed by atoms with van der Waals surface area (Å²) < 4.78 is 8.11. The second-order valence-electron chi connectivity index (χ2n) is 1.89. The summed E-state index contributed by atoms with van der Waals surface area (Å²) in [5.41, 5.74) is 0. The molecule has 0 spiro atoms. The standard InChI is InChI=1S/C4H4Cl6OP/c5-1-3(7,8)12(11)4(9,10)2-6/h1-2H2. The fraction of sp³-hybridized carbons (Fsp3) is 1.00. The van der Waals surface area contributed by atoms with Crippen LogP contribution in [0.4, 0.5) is 0 Å². The van der Waals surface area contributed by atoms with Crippen molar-refractivity contribution in [3.05, 3.63) is 0 Å². The third kappa shape index (κ3) is 3.53. The van der Waals surface area contributed by atoms with Crippen molar-refractivity contribution in [3.63, 3.8) is 0 Å². The molecule has 0 bridgehead atoms. The Balaban J connectivity index is 4.60. The van der Waals surface area contributed by atoms with Crippen LogP contribution in [0.2, 0.25) is 0 Å². The highest BCUT2D eigenvalue weighted by atomic mass is 35.5. The van der Waals surface area contributed by atoms with Gasteiger partial charge in [-0.15, -0.1) is 23.2 Å². The van der Waals surface area contributed by atoms with Gasteiger partial charge in [0, 0.05) is 0 Å². The summed E-state index contributed by atoms with van der Waals surface area (Å²) in [6.07, 6.45) is 0. The van der Waals surface area contributed by atoms with Gasteiger partial charge in [-0.2, -0.15) is 0 Å². The number of hydrogen-bond donors (Lipinski definition) is 0. The average molecular weight is 312 g/mol. The number of alkyl halides is 6. The summed E-state index contributed by atoms with van der Waals surface area (Å²) in [5, 5.41) is 0. The van der Waals surface area contributed by atoms with Gasteiger partial charge in [-0.25, -0.2) is 0 Å². The summed E-state index contributed by atoms with van der Waals surface area (Å²) >= 11 is 32.9. The molecule has 0 aliphatic carbocycles. The molecule has 0 aliphatic heterocycles. The predicted molar refractivity (Wildman–Crippen MR) is 57.9 cm³/mol. The SMILES string of the molecule is O=[P](C(Cl)(Cl)CCl)C(Cl)(Cl)CCl. The van der Waals surface area contributed by atoms with Gasteiger partial charge in [0.1, 0.15) is 7.80 Å². The van der Waals surface area contributed by atoms with Crippen LogP contribution in [-0.4, -0.2) is 19.9 Å². The topological polar surface area (TPSA) is 17.1 Å². The third-order valence-electron chi connectivity index (χ3n) is 0.916. The molecule has 0 amide bonds. The second kappa shape index (κ2) is 5.07. The molecule has 0 saturated heterocycles. The Bertz CT molecular complexity index is 162. The van der Waals surface area contributed by atoms with Crippen molar-refractivity contribution in [1.82, 2.24) is 0 Å². The molecule has 0 N–H and O–H groups in total. The molecule has 12 heavy (non-hydrogen) atoms. The maximum absolute atomic E-state index is 11.4. The maximum atomic E-state index is 11.4. The van der Waals surface area contributed by atoms with Crippen molar-refractivity contribution in [2.45, 2.75) is 8.15 Å². The van der Waals surface area contributed by atoms with E-state index in [1.54, 1.807) is 0 Å². The first-order valence-electron chi connectivity index (χ1n) is 2.63. The van der Waals surface area contributed by atoms with Crippen LogP contribution in [0.3, 0.4) is 0 Å². The molecule has 0 aromatic rings. The van der Waals surface area contributed by atoms with Crippen LogP contribution in [0.25, 0.3) is 0 Å². The highest BCUT2D eigenvalue weighted by Crippen LogP contribution is 2.59. The van der Waals surface area contributed by atoms with Crippen LogP contribution in [0.15, 0.2) is 0 Å². The Morgan fingerprint density at radius 2 is 1.17 bits per heavy atom. The summed E-state index contributed by atoms with van der Waals surface area (Å²) in [4.78, 5) is 0. The normalized spacial score (nSPS) is 13.2. The smallest absolute Gasteiger partial charge is 0.202 e. The minimum absolute atomic E-state index is 0.233. The Morgan fingerprint density at radius 3 is 1.33 bits per heavy atom. The van der Waals surface area contributed by atoms with Crippen LogP contribution in [0.1, 0.15) is 0 Å². The lowest BCUT2D eigenvalue weighted by molar-refractivity contribution is 0.582. The lowest BCUT2D eigenvalue weighted by Gasteiger charge is -2.23. The van der Waals surface area contributed by atoms with Gasteiger partial charge in [-0.05, 0) is 0 Å². The van der Waals surface area contributed by atoms with Crippen LogP contribution < -0.4 is 0 Å². The zero-order chi connectivity index (χ0) is 9.99. The van der Waals surface area contributed by atoms with Crippen molar-refractivity contribution in [2.24, 2.45) is 0 Å². The van der Waals surface area contributed by atoms with Crippen LogP contribution in [0.5, 0.6) is 0 Å². The van der Waals surface area contributed by atoms with Gasteiger partial charge < -0.3 is 0 Å². The maximum Gasteiger partial charge on any atom is 0.202 e. The molecule has 1 radical (unpaired) electrons. The van der Waals surface area contributed by atoms with Crippen molar-refractivity contribution < 1.29 is 4.57 Å². The zero-order valence-electron chi connectivity index (χ0n) is 5.54. The Kier molecular flexibility index (Phi) is 5.85. The monoisotopic (exact) mass is 309 g/mol. The van der Waals surface area contributed by atoms with E-state index in [2.05, 4.69) is 0 Å². The van der Waals surface area contributed by atoms with Crippen LogP contribution >= 0.6 is 77.4 Å². The van der Waals surface area contributed by atoms with Gasteiger partial charge in [-0.3, -0.25) is 4.57 Å². The molecule has 1 nitrogen and oxygen atoms in total. The average Bonchev–Trinajstić information content (AvgIpc) is 2.03. The second-order valence-corrected chi connectivity index (χ2v) is 8.57. The number of halogens is 6. The van der Waals surface area contributed by atoms with Gasteiger partial charge in [0.2, 0.25) is 8.15 Å². The van der Waals surface area contributed by atoms with Crippen molar-refractivity contribution in [2.75, 3.05) is 11.8 Å². The van der Waals surface area contributed by atoms with Gasteiger partial charge in [-0.1, -0.05) is 46.4 Å². The minimum Gasteiger partial charge on any atom is -0.281 e. The van der Waals surface area contributed by atoms with Crippen molar-refractivity contribution in [1.29, 1.82) is 0 Å². The zero-order valence-corrected chi connectivity index (χ0v) is 11.0. The molecule has 0 aromatic heterocycles. The first-order chi connectivity index (χ1) is 5.28. The Hall–Kier alpha value is 1.84. The van der Waals surface area contributed by atoms with Gasteiger partial charge in [0.15, 0.2) is 0 Å². The highest BCUT2D eigenvalue weighted by Gasteiger charge is 2.45. The van der Waals surface area contributed by atoms with Gasteiger partial charge in [0.05, 0.1) is 11.8 Å². The van der Waals surface area contributed by atoms with Crippen LogP contribution in [-0.2, 0) is 4.57 Å². The molecule has 8 heteroatoms. The minimum atomic E-state index is -2.32. The van der Waals surface area contributed by atoms with E-state index in [9.17, 15) is 4.57 Å². The van der Waals surface area contributed by atoms with E-state index in [-0.39, 0.29) is 11.8 Å². The molecule has 0 atom stereocenters. The molecular formula is C4H4Cl6OP. The number of hydrogen-bond acceptors (Lipinski definition) is 1. The fourth-order valence-electron chi connectivity index (χ4n) is 0.348. The Labute approximate surface area is 101 Å². The van der Waals surface area contributed by atoms with E-state index in [0.717, 1.165) is 0 Å². The third-order valence-corrected chi connectivity index (χ3v) is 6.52. The number of rotatable bonds is 4. The van der Waals surface area contributed by atoms with Crippen LogP contribution in [0, 0.1) is 0 Å². The lowest BCUT2D eigenvalue weighted by Crippen LogP contribution is -2.20.